The number of aromatic nitrogens is 4. The third-order valence-corrected chi connectivity index (χ3v) is 5.85. The number of anilines is 2. The quantitative estimate of drug-likeness (QED) is 0.517. The van der Waals surface area contributed by atoms with E-state index in [-0.39, 0.29) is 17.8 Å². The Balaban J connectivity index is 1.59. The molecule has 2 aromatic heterocycles. The van der Waals surface area contributed by atoms with Crippen molar-refractivity contribution in [2.75, 3.05) is 29.1 Å². The number of fused-ring (bicyclic) bond motifs is 3. The normalized spacial score (nSPS) is 18.5. The largest absolute Gasteiger partial charge is 0.434 e. The third kappa shape index (κ3) is 3.09. The lowest BCUT2D eigenvalue weighted by Crippen LogP contribution is -2.39. The Morgan fingerprint density at radius 3 is 3.00 bits per heavy atom. The van der Waals surface area contributed by atoms with Crippen LogP contribution in [0.15, 0.2) is 44.8 Å². The fourth-order valence-electron chi connectivity index (χ4n) is 3.95. The van der Waals surface area contributed by atoms with E-state index >= 15 is 0 Å². The molecule has 9 nitrogen and oxygen atoms in total. The second-order valence-electron chi connectivity index (χ2n) is 6.97. The van der Waals surface area contributed by atoms with E-state index in [1.807, 2.05) is 18.4 Å². The maximum Gasteiger partial charge on any atom is 0.434 e. The molecule has 3 aromatic rings. The summed E-state index contributed by atoms with van der Waals surface area (Å²) in [6.45, 7) is 1.43. The predicted octanol–water partition coefficient (Wildman–Crippen LogP) is 2.17. The molecule has 5 rings (SSSR count). The molecule has 1 N–H and O–H groups in total. The van der Waals surface area contributed by atoms with Crippen LogP contribution in [0.25, 0.3) is 11.5 Å². The molecule has 1 saturated heterocycles. The fraction of sp³-hybridized carbons (Fsp3) is 0.316. The molecule has 1 fully saturated rings. The Morgan fingerprint density at radius 1 is 1.31 bits per heavy atom. The highest BCUT2D eigenvalue weighted by Crippen LogP contribution is 2.35. The van der Waals surface area contributed by atoms with Crippen molar-refractivity contribution >= 4 is 29.2 Å². The lowest BCUT2D eigenvalue weighted by atomic mass is 10.1. The van der Waals surface area contributed by atoms with Gasteiger partial charge in [0.15, 0.2) is 5.16 Å². The van der Waals surface area contributed by atoms with Gasteiger partial charge in [0.05, 0.1) is 0 Å². The standard InChI is InChI=1S/C19H18N6O3S/c1-29-18-20-9-14-15(21-18)24-7-3-6-13(24)10-25(17(14)26)12-5-2-4-11(8-12)16-22-23-19(27)28-16/h2,4-5,8-9,13H,3,6-7,10H2,1H3,(H,23,27). The number of rotatable bonds is 3. The molecule has 2 aliphatic heterocycles. The summed E-state index contributed by atoms with van der Waals surface area (Å²) in [5.74, 6) is 0.153. The lowest BCUT2D eigenvalue weighted by molar-refractivity contribution is 0.0988. The van der Waals surface area contributed by atoms with Crippen LogP contribution in [0.5, 0.6) is 0 Å². The summed E-state index contributed by atoms with van der Waals surface area (Å²) in [7, 11) is 0. The first-order valence-electron chi connectivity index (χ1n) is 9.29. The van der Waals surface area contributed by atoms with Crippen LogP contribution in [0.1, 0.15) is 23.2 Å². The Labute approximate surface area is 170 Å². The minimum atomic E-state index is -0.617. The Kier molecular flexibility index (Phi) is 4.35. The van der Waals surface area contributed by atoms with Gasteiger partial charge in [-0.1, -0.05) is 17.8 Å². The highest BCUT2D eigenvalue weighted by atomic mass is 32.2. The van der Waals surface area contributed by atoms with Crippen molar-refractivity contribution in [1.29, 1.82) is 0 Å². The van der Waals surface area contributed by atoms with Crippen LogP contribution in [0.2, 0.25) is 0 Å². The Hall–Kier alpha value is -3.14. The van der Waals surface area contributed by atoms with Gasteiger partial charge in [-0.15, -0.1) is 5.10 Å². The number of H-pyrrole nitrogens is 1. The molecule has 2 aliphatic rings. The monoisotopic (exact) mass is 410 g/mol. The number of benzene rings is 1. The first-order valence-corrected chi connectivity index (χ1v) is 10.5. The number of nitrogens with one attached hydrogen (secondary N) is 1. The molecule has 1 atom stereocenters. The van der Waals surface area contributed by atoms with Gasteiger partial charge in [-0.25, -0.2) is 19.9 Å². The maximum atomic E-state index is 13.4. The number of amides is 1. The molecule has 0 aliphatic carbocycles. The number of carbonyl (C=O) groups excluding carboxylic acids is 1. The summed E-state index contributed by atoms with van der Waals surface area (Å²) in [4.78, 5) is 37.7. The second kappa shape index (κ2) is 7.03. The Bertz CT molecular complexity index is 1140. The molecule has 0 spiro atoms. The molecule has 10 heteroatoms. The van der Waals surface area contributed by atoms with Crippen LogP contribution >= 0.6 is 11.8 Å². The molecule has 1 unspecified atom stereocenters. The zero-order valence-corrected chi connectivity index (χ0v) is 16.5. The molecule has 0 bridgehead atoms. The highest BCUT2D eigenvalue weighted by Gasteiger charge is 2.37. The zero-order chi connectivity index (χ0) is 20.0. The van der Waals surface area contributed by atoms with Crippen LogP contribution in [-0.4, -0.2) is 51.5 Å². The van der Waals surface area contributed by atoms with Gasteiger partial charge in [0.1, 0.15) is 11.4 Å². The summed E-state index contributed by atoms with van der Waals surface area (Å²) >= 11 is 1.46. The molecule has 1 amide bonds. The Morgan fingerprint density at radius 2 is 2.21 bits per heavy atom. The van der Waals surface area contributed by atoms with E-state index in [0.717, 1.165) is 19.4 Å². The van der Waals surface area contributed by atoms with Gasteiger partial charge in [-0.05, 0) is 37.3 Å². The van der Waals surface area contributed by atoms with E-state index in [4.69, 9.17) is 4.42 Å². The topological polar surface area (TPSA) is 108 Å². The number of hydrogen-bond donors (Lipinski definition) is 1. The molecule has 1 aromatic carbocycles. The van der Waals surface area contributed by atoms with Crippen LogP contribution in [-0.2, 0) is 0 Å². The van der Waals surface area contributed by atoms with E-state index in [2.05, 4.69) is 25.1 Å². The average Bonchev–Trinajstić information content (AvgIpc) is 3.37. The highest BCUT2D eigenvalue weighted by molar-refractivity contribution is 7.98. The SMILES string of the molecule is CSc1ncc2c(n1)N1CCCC1CN(c1cccc(-c3n[nH]c(=O)o3)c1)C2=O. The number of thioether (sulfide) groups is 1. The van der Waals surface area contributed by atoms with Crippen molar-refractivity contribution in [2.45, 2.75) is 24.0 Å². The van der Waals surface area contributed by atoms with Gasteiger partial charge >= 0.3 is 5.76 Å². The van der Waals surface area contributed by atoms with E-state index in [0.29, 0.717) is 34.3 Å². The zero-order valence-electron chi connectivity index (χ0n) is 15.7. The first kappa shape index (κ1) is 17.9. The van der Waals surface area contributed by atoms with Crippen molar-refractivity contribution in [3.8, 4) is 11.5 Å². The van der Waals surface area contributed by atoms with E-state index in [9.17, 15) is 9.59 Å². The van der Waals surface area contributed by atoms with Crippen molar-refractivity contribution in [3.63, 3.8) is 0 Å². The number of hydrogen-bond acceptors (Lipinski definition) is 8. The van der Waals surface area contributed by atoms with E-state index < -0.39 is 5.76 Å². The summed E-state index contributed by atoms with van der Waals surface area (Å²) in [6.07, 6.45) is 5.60. The lowest BCUT2D eigenvalue weighted by Gasteiger charge is -2.27. The minimum Gasteiger partial charge on any atom is -0.388 e. The first-order chi connectivity index (χ1) is 14.1. The fourth-order valence-corrected chi connectivity index (χ4v) is 4.29. The van der Waals surface area contributed by atoms with Gasteiger partial charge in [0.25, 0.3) is 5.91 Å². The van der Waals surface area contributed by atoms with Gasteiger partial charge in [-0.2, -0.15) is 0 Å². The van der Waals surface area contributed by atoms with Crippen molar-refractivity contribution in [3.05, 3.63) is 46.6 Å². The molecule has 0 radical (unpaired) electrons. The minimum absolute atomic E-state index is 0.136. The van der Waals surface area contributed by atoms with Crippen molar-refractivity contribution in [2.24, 2.45) is 0 Å². The smallest absolute Gasteiger partial charge is 0.388 e. The number of nitrogens with zero attached hydrogens (tertiary/aromatic N) is 5. The predicted molar refractivity (Wildman–Crippen MR) is 108 cm³/mol. The summed E-state index contributed by atoms with van der Waals surface area (Å²) in [5.41, 5.74) is 1.84. The van der Waals surface area contributed by atoms with Crippen LogP contribution in [0.3, 0.4) is 0 Å². The average molecular weight is 410 g/mol. The van der Waals surface area contributed by atoms with Crippen molar-refractivity contribution < 1.29 is 9.21 Å². The molecule has 29 heavy (non-hydrogen) atoms. The van der Waals surface area contributed by atoms with Gasteiger partial charge in [0.2, 0.25) is 5.89 Å². The molecular formula is C19H18N6O3S. The van der Waals surface area contributed by atoms with Crippen LogP contribution in [0.4, 0.5) is 11.5 Å². The molecule has 148 valence electrons. The summed E-state index contributed by atoms with van der Waals surface area (Å²) in [5, 5.41) is 6.80. The molecule has 4 heterocycles. The maximum absolute atomic E-state index is 13.4. The summed E-state index contributed by atoms with van der Waals surface area (Å²) in [6, 6.07) is 7.47. The van der Waals surface area contributed by atoms with Gasteiger partial charge in [0, 0.05) is 36.6 Å². The summed E-state index contributed by atoms with van der Waals surface area (Å²) < 4.78 is 5.06. The number of carbonyl (C=O) groups is 1. The van der Waals surface area contributed by atoms with Crippen LogP contribution < -0.4 is 15.6 Å². The van der Waals surface area contributed by atoms with Crippen molar-refractivity contribution in [1.82, 2.24) is 20.2 Å². The van der Waals surface area contributed by atoms with E-state index in [1.54, 1.807) is 23.2 Å². The van der Waals surface area contributed by atoms with Crippen LogP contribution in [0, 0.1) is 0 Å². The number of aromatic amines is 1. The van der Waals surface area contributed by atoms with Gasteiger partial charge in [-0.3, -0.25) is 4.79 Å². The van der Waals surface area contributed by atoms with E-state index in [1.165, 1.54) is 11.8 Å². The third-order valence-electron chi connectivity index (χ3n) is 5.29. The second-order valence-corrected chi connectivity index (χ2v) is 7.74. The molecule has 0 saturated carbocycles. The van der Waals surface area contributed by atoms with Gasteiger partial charge < -0.3 is 14.2 Å². The molecular weight excluding hydrogens is 392 g/mol.